The molecule has 1 heterocycles. The summed E-state index contributed by atoms with van der Waals surface area (Å²) in [5.41, 5.74) is -0.652. The Balaban J connectivity index is 2.13. The molecule has 2 rings (SSSR count). The van der Waals surface area contributed by atoms with Crippen LogP contribution in [0.4, 0.5) is 4.79 Å². The number of carbonyl (C=O) groups is 2. The van der Waals surface area contributed by atoms with Gasteiger partial charge in [-0.15, -0.1) is 0 Å². The van der Waals surface area contributed by atoms with Gasteiger partial charge in [0.15, 0.2) is 0 Å². The van der Waals surface area contributed by atoms with Crippen LogP contribution in [0.2, 0.25) is 0 Å². The van der Waals surface area contributed by atoms with Crippen LogP contribution >= 0.6 is 0 Å². The van der Waals surface area contributed by atoms with Crippen LogP contribution < -0.4 is 10.1 Å². The first kappa shape index (κ1) is 23.0. The second kappa shape index (κ2) is 10.5. The summed E-state index contributed by atoms with van der Waals surface area (Å²) in [6.45, 7) is 7.11. The molecule has 7 heteroatoms. The number of cyclic esters (lactones) is 1. The first-order chi connectivity index (χ1) is 13.7. The van der Waals surface area contributed by atoms with Crippen molar-refractivity contribution in [3.05, 3.63) is 30.3 Å². The Morgan fingerprint density at radius 2 is 1.93 bits per heavy atom. The van der Waals surface area contributed by atoms with Gasteiger partial charge >= 0.3 is 12.1 Å². The lowest BCUT2D eigenvalue weighted by molar-refractivity contribution is -0.156. The van der Waals surface area contributed by atoms with Crippen molar-refractivity contribution in [3.8, 4) is 5.75 Å². The molecular formula is C22H33NO6. The minimum absolute atomic E-state index is 0.0169. The molecule has 1 aromatic rings. The molecule has 0 radical (unpaired) electrons. The van der Waals surface area contributed by atoms with E-state index in [1.807, 2.05) is 30.3 Å². The standard InChI is InChI=1S/C22H33NO6/c1-15-19(28-17-10-6-5-7-11-17)16(13-14-24)9-8-12-18(20(25)27-15)23-21(26)29-22(2,3)4/h5-7,10-11,15-16,18-19,24H,8-9,12-14H2,1-4H3,(H,23,26). The second-order valence-electron chi connectivity index (χ2n) is 8.44. The van der Waals surface area contributed by atoms with Crippen molar-refractivity contribution in [1.82, 2.24) is 5.32 Å². The fraction of sp³-hybridized carbons (Fsp3) is 0.636. The maximum atomic E-state index is 12.7. The topological polar surface area (TPSA) is 94.1 Å². The highest BCUT2D eigenvalue weighted by molar-refractivity contribution is 5.81. The Labute approximate surface area is 172 Å². The van der Waals surface area contributed by atoms with Crippen molar-refractivity contribution in [2.45, 2.75) is 77.2 Å². The number of aliphatic hydroxyl groups excluding tert-OH is 1. The van der Waals surface area contributed by atoms with Gasteiger partial charge in [0, 0.05) is 12.5 Å². The molecule has 7 nitrogen and oxygen atoms in total. The normalized spacial score (nSPS) is 25.8. The van der Waals surface area contributed by atoms with E-state index in [-0.39, 0.29) is 12.5 Å². The van der Waals surface area contributed by atoms with Gasteiger partial charge in [-0.05, 0) is 59.1 Å². The van der Waals surface area contributed by atoms with Crippen LogP contribution in [0.1, 0.15) is 53.4 Å². The van der Waals surface area contributed by atoms with Gasteiger partial charge < -0.3 is 24.6 Å². The maximum Gasteiger partial charge on any atom is 0.408 e. The number of esters is 1. The summed E-state index contributed by atoms with van der Waals surface area (Å²) in [5, 5.41) is 12.1. The zero-order chi connectivity index (χ0) is 21.4. The summed E-state index contributed by atoms with van der Waals surface area (Å²) >= 11 is 0. The monoisotopic (exact) mass is 407 g/mol. The molecule has 1 fully saturated rings. The fourth-order valence-electron chi connectivity index (χ4n) is 3.49. The number of nitrogens with one attached hydrogen (secondary N) is 1. The highest BCUT2D eigenvalue weighted by Gasteiger charge is 2.35. The lowest BCUT2D eigenvalue weighted by atomic mass is 9.89. The van der Waals surface area contributed by atoms with Crippen LogP contribution in [0.5, 0.6) is 5.75 Å². The van der Waals surface area contributed by atoms with E-state index < -0.39 is 35.9 Å². The molecule has 0 bridgehead atoms. The van der Waals surface area contributed by atoms with Crippen molar-refractivity contribution >= 4 is 12.1 Å². The van der Waals surface area contributed by atoms with Crippen LogP contribution in [-0.4, -0.2) is 47.6 Å². The number of para-hydroxylation sites is 1. The Morgan fingerprint density at radius 1 is 1.24 bits per heavy atom. The smallest absolute Gasteiger partial charge is 0.408 e. The third kappa shape index (κ3) is 7.57. The number of hydrogen-bond acceptors (Lipinski definition) is 6. The summed E-state index contributed by atoms with van der Waals surface area (Å²) in [4.78, 5) is 24.8. The minimum Gasteiger partial charge on any atom is -0.486 e. The van der Waals surface area contributed by atoms with Gasteiger partial charge in [-0.1, -0.05) is 24.6 Å². The van der Waals surface area contributed by atoms with E-state index in [4.69, 9.17) is 14.2 Å². The summed E-state index contributed by atoms with van der Waals surface area (Å²) in [6.07, 6.45) is 0.825. The van der Waals surface area contributed by atoms with Gasteiger partial charge in [0.05, 0.1) is 0 Å². The van der Waals surface area contributed by atoms with Crippen molar-refractivity contribution in [2.75, 3.05) is 6.61 Å². The molecule has 1 aliphatic rings. The zero-order valence-corrected chi connectivity index (χ0v) is 17.7. The van der Waals surface area contributed by atoms with Crippen molar-refractivity contribution in [1.29, 1.82) is 0 Å². The Morgan fingerprint density at radius 3 is 2.55 bits per heavy atom. The molecule has 1 aliphatic heterocycles. The van der Waals surface area contributed by atoms with Gasteiger partial charge in [0.2, 0.25) is 0 Å². The van der Waals surface area contributed by atoms with E-state index in [0.717, 1.165) is 6.42 Å². The Bertz CT molecular complexity index is 657. The molecule has 0 spiro atoms. The van der Waals surface area contributed by atoms with Crippen LogP contribution in [-0.2, 0) is 14.3 Å². The lowest BCUT2D eigenvalue weighted by Crippen LogP contribution is -2.46. The molecule has 0 aliphatic carbocycles. The van der Waals surface area contributed by atoms with Gasteiger partial charge in [0.25, 0.3) is 0 Å². The average Bonchev–Trinajstić information content (AvgIpc) is 2.67. The highest BCUT2D eigenvalue weighted by Crippen LogP contribution is 2.28. The van der Waals surface area contributed by atoms with Gasteiger partial charge in [-0.3, -0.25) is 0 Å². The van der Waals surface area contributed by atoms with E-state index in [9.17, 15) is 14.7 Å². The molecule has 2 N–H and O–H groups in total. The number of rotatable bonds is 5. The van der Waals surface area contributed by atoms with Crippen molar-refractivity contribution < 1.29 is 28.9 Å². The zero-order valence-electron chi connectivity index (χ0n) is 17.7. The summed E-state index contributed by atoms with van der Waals surface area (Å²) in [5.74, 6) is 0.198. The predicted molar refractivity (Wildman–Crippen MR) is 109 cm³/mol. The SMILES string of the molecule is CC1OC(=O)C(NC(=O)OC(C)(C)C)CCCC(CCO)C1Oc1ccccc1. The van der Waals surface area contributed by atoms with Crippen LogP contribution in [0.25, 0.3) is 0 Å². The number of benzene rings is 1. The fourth-order valence-corrected chi connectivity index (χ4v) is 3.49. The number of amides is 1. The number of aliphatic hydroxyl groups is 1. The van der Waals surface area contributed by atoms with E-state index in [2.05, 4.69) is 5.32 Å². The highest BCUT2D eigenvalue weighted by atomic mass is 16.6. The molecule has 0 saturated carbocycles. The largest absolute Gasteiger partial charge is 0.486 e. The first-order valence-corrected chi connectivity index (χ1v) is 10.2. The van der Waals surface area contributed by atoms with Crippen LogP contribution in [0, 0.1) is 5.92 Å². The first-order valence-electron chi connectivity index (χ1n) is 10.2. The van der Waals surface area contributed by atoms with E-state index in [0.29, 0.717) is 25.0 Å². The number of carbonyl (C=O) groups excluding carboxylic acids is 2. The van der Waals surface area contributed by atoms with Crippen LogP contribution in [0.15, 0.2) is 30.3 Å². The average molecular weight is 408 g/mol. The minimum atomic E-state index is -0.780. The summed E-state index contributed by atoms with van der Waals surface area (Å²) in [7, 11) is 0. The quantitative estimate of drug-likeness (QED) is 0.726. The molecule has 0 aromatic heterocycles. The molecule has 4 unspecified atom stereocenters. The second-order valence-corrected chi connectivity index (χ2v) is 8.44. The molecule has 1 saturated heterocycles. The van der Waals surface area contributed by atoms with E-state index in [1.165, 1.54) is 0 Å². The predicted octanol–water partition coefficient (Wildman–Crippen LogP) is 3.44. The van der Waals surface area contributed by atoms with Gasteiger partial charge in [0.1, 0.15) is 29.6 Å². The summed E-state index contributed by atoms with van der Waals surface area (Å²) in [6, 6.07) is 8.58. The summed E-state index contributed by atoms with van der Waals surface area (Å²) < 4.78 is 17.1. The number of ether oxygens (including phenoxy) is 3. The van der Waals surface area contributed by atoms with E-state index in [1.54, 1.807) is 27.7 Å². The number of alkyl carbamates (subject to hydrolysis) is 1. The van der Waals surface area contributed by atoms with Crippen LogP contribution in [0.3, 0.4) is 0 Å². The van der Waals surface area contributed by atoms with Gasteiger partial charge in [-0.2, -0.15) is 0 Å². The maximum absolute atomic E-state index is 12.7. The molecule has 4 atom stereocenters. The third-order valence-electron chi connectivity index (χ3n) is 4.79. The molecular weight excluding hydrogens is 374 g/mol. The van der Waals surface area contributed by atoms with Crippen molar-refractivity contribution in [3.63, 3.8) is 0 Å². The lowest BCUT2D eigenvalue weighted by Gasteiger charge is -2.31. The third-order valence-corrected chi connectivity index (χ3v) is 4.79. The molecule has 162 valence electrons. The molecule has 1 aromatic carbocycles. The Kier molecular flexibility index (Phi) is 8.32. The number of hydrogen-bond donors (Lipinski definition) is 2. The molecule has 29 heavy (non-hydrogen) atoms. The van der Waals surface area contributed by atoms with E-state index >= 15 is 0 Å². The van der Waals surface area contributed by atoms with Crippen molar-refractivity contribution in [2.24, 2.45) is 5.92 Å². The Hall–Kier alpha value is -2.28. The van der Waals surface area contributed by atoms with Gasteiger partial charge in [-0.25, -0.2) is 9.59 Å². The molecule has 1 amide bonds.